The van der Waals surface area contributed by atoms with E-state index < -0.39 is 5.92 Å². The van der Waals surface area contributed by atoms with Crippen LogP contribution in [0.2, 0.25) is 15.1 Å². The van der Waals surface area contributed by atoms with Crippen molar-refractivity contribution >= 4 is 58.2 Å². The van der Waals surface area contributed by atoms with E-state index in [9.17, 15) is 9.59 Å². The minimum absolute atomic E-state index is 0.00184. The van der Waals surface area contributed by atoms with Crippen molar-refractivity contribution in [3.05, 3.63) is 95.8 Å². The largest absolute Gasteiger partial charge is 0.343 e. The van der Waals surface area contributed by atoms with Gasteiger partial charge in [-0.2, -0.15) is 0 Å². The third-order valence-electron chi connectivity index (χ3n) is 6.30. The first-order valence-corrected chi connectivity index (χ1v) is 13.2. The van der Waals surface area contributed by atoms with Gasteiger partial charge in [0.15, 0.2) is 10.9 Å². The van der Waals surface area contributed by atoms with E-state index >= 15 is 0 Å². The molecule has 0 bridgehead atoms. The Morgan fingerprint density at radius 3 is 2.57 bits per heavy atom. The van der Waals surface area contributed by atoms with Gasteiger partial charge in [-0.15, -0.1) is 0 Å². The molecule has 1 atom stereocenters. The molecule has 0 radical (unpaired) electrons. The van der Waals surface area contributed by atoms with Gasteiger partial charge in [0, 0.05) is 44.4 Å². The minimum atomic E-state index is -0.631. The van der Waals surface area contributed by atoms with Crippen molar-refractivity contribution in [1.82, 2.24) is 9.97 Å². The lowest BCUT2D eigenvalue weighted by Gasteiger charge is -2.38. The molecule has 0 saturated carbocycles. The average molecular weight is 547 g/mol. The summed E-state index contributed by atoms with van der Waals surface area (Å²) in [5, 5.41) is 5.33. The second-order valence-electron chi connectivity index (χ2n) is 9.57. The molecule has 0 spiro atoms. The molecule has 2 heterocycles. The van der Waals surface area contributed by atoms with E-state index in [2.05, 4.69) is 24.1 Å². The van der Waals surface area contributed by atoms with E-state index in [1.807, 2.05) is 24.3 Å². The number of benzene rings is 2. The molecule has 3 aromatic rings. The zero-order chi connectivity index (χ0) is 24.9. The average Bonchev–Trinajstić information content (AvgIpc) is 2.76. The number of ketones is 1. The number of carbonyl (C=O) groups is 1. The number of hydrogen-bond donors (Lipinski definition) is 2. The molecule has 1 aliphatic carbocycles. The molecule has 9 heteroatoms. The van der Waals surface area contributed by atoms with Crippen LogP contribution in [0.4, 0.5) is 5.82 Å². The smallest absolute Gasteiger partial charge is 0.257 e. The molecule has 0 amide bonds. The SMILES string of the molecule is CC1(C)CC(=O)C2=C(C1)Nc1nc(SCc3ccccc3Cl)[nH]c(=O)c1[C@H]2c1ccc(Cl)cc1Cl. The van der Waals surface area contributed by atoms with Crippen molar-refractivity contribution < 1.29 is 4.79 Å². The maximum atomic E-state index is 13.5. The molecule has 2 aromatic carbocycles. The number of nitrogens with one attached hydrogen (secondary N) is 2. The van der Waals surface area contributed by atoms with Crippen LogP contribution in [0, 0.1) is 5.41 Å². The Bertz CT molecular complexity index is 1450. The van der Waals surface area contributed by atoms with E-state index in [4.69, 9.17) is 39.8 Å². The van der Waals surface area contributed by atoms with E-state index in [1.165, 1.54) is 11.8 Å². The molecule has 2 N–H and O–H groups in total. The summed E-state index contributed by atoms with van der Waals surface area (Å²) in [5.74, 6) is 0.360. The molecular formula is C26H22Cl3N3O2S. The number of allylic oxidation sites excluding steroid dienone is 2. The van der Waals surface area contributed by atoms with Crippen molar-refractivity contribution in [2.45, 2.75) is 43.5 Å². The van der Waals surface area contributed by atoms with Gasteiger partial charge in [0.25, 0.3) is 5.56 Å². The highest BCUT2D eigenvalue weighted by molar-refractivity contribution is 7.98. The van der Waals surface area contributed by atoms with Crippen LogP contribution in [0.1, 0.15) is 49.3 Å². The topological polar surface area (TPSA) is 74.8 Å². The zero-order valence-corrected chi connectivity index (χ0v) is 22.1. The number of aromatic nitrogens is 2. The normalized spacial score (nSPS) is 18.7. The first-order chi connectivity index (χ1) is 16.6. The summed E-state index contributed by atoms with van der Waals surface area (Å²) in [6.07, 6.45) is 1.05. The number of Topliss-reactive ketones (excluding diaryl/α,β-unsaturated/α-hetero) is 1. The summed E-state index contributed by atoms with van der Waals surface area (Å²) >= 11 is 20.4. The molecule has 0 unspecified atom stereocenters. The number of aromatic amines is 1. The highest BCUT2D eigenvalue weighted by Crippen LogP contribution is 2.49. The van der Waals surface area contributed by atoms with Gasteiger partial charge in [-0.05, 0) is 41.2 Å². The lowest BCUT2D eigenvalue weighted by molar-refractivity contribution is -0.118. The van der Waals surface area contributed by atoms with Gasteiger partial charge in [-0.3, -0.25) is 9.59 Å². The second kappa shape index (κ2) is 9.32. The second-order valence-corrected chi connectivity index (χ2v) is 11.8. The Labute approximate surface area is 222 Å². The van der Waals surface area contributed by atoms with Crippen LogP contribution >= 0.6 is 46.6 Å². The molecule has 35 heavy (non-hydrogen) atoms. The van der Waals surface area contributed by atoms with Crippen LogP contribution in [0.5, 0.6) is 0 Å². The van der Waals surface area contributed by atoms with Gasteiger partial charge in [-0.1, -0.05) is 84.7 Å². The quantitative estimate of drug-likeness (QED) is 0.267. The molecule has 0 saturated heterocycles. The standard InChI is InChI=1S/C26H22Cl3N3O2S/c1-26(2)10-18-21(19(33)11-26)20(15-8-7-14(27)9-17(15)29)22-23(30-18)31-25(32-24(22)34)35-12-13-5-3-4-6-16(13)28/h3-9,20H,10-12H2,1-2H3,(H2,30,31,32,34)/t20-/m0/s1. The van der Waals surface area contributed by atoms with Crippen LogP contribution in [-0.2, 0) is 10.5 Å². The van der Waals surface area contributed by atoms with Crippen molar-refractivity contribution in [2.75, 3.05) is 5.32 Å². The van der Waals surface area contributed by atoms with Gasteiger partial charge < -0.3 is 10.3 Å². The first-order valence-electron chi connectivity index (χ1n) is 11.1. The van der Waals surface area contributed by atoms with Crippen LogP contribution in [0.25, 0.3) is 0 Å². The Morgan fingerprint density at radius 1 is 1.06 bits per heavy atom. The van der Waals surface area contributed by atoms with Crippen molar-refractivity contribution in [3.63, 3.8) is 0 Å². The molecule has 5 nitrogen and oxygen atoms in total. The van der Waals surface area contributed by atoms with Crippen LogP contribution in [0.15, 0.2) is 63.7 Å². The van der Waals surface area contributed by atoms with E-state index in [-0.39, 0.29) is 16.8 Å². The molecule has 1 aromatic heterocycles. The van der Waals surface area contributed by atoms with Crippen molar-refractivity contribution in [2.24, 2.45) is 5.41 Å². The monoisotopic (exact) mass is 545 g/mol. The number of fused-ring (bicyclic) bond motifs is 1. The molecule has 1 aliphatic heterocycles. The van der Waals surface area contributed by atoms with Gasteiger partial charge in [0.2, 0.25) is 0 Å². The number of thioether (sulfide) groups is 1. The first kappa shape index (κ1) is 24.4. The lowest BCUT2D eigenvalue weighted by Crippen LogP contribution is -2.37. The number of carbonyl (C=O) groups excluding carboxylic acids is 1. The molecule has 0 fully saturated rings. The Hall–Kier alpha value is -2.25. The van der Waals surface area contributed by atoms with Crippen molar-refractivity contribution in [3.8, 4) is 0 Å². The molecular weight excluding hydrogens is 525 g/mol. The fourth-order valence-electron chi connectivity index (χ4n) is 4.77. The Balaban J connectivity index is 1.61. The Morgan fingerprint density at radius 2 is 1.83 bits per heavy atom. The van der Waals surface area contributed by atoms with Gasteiger partial charge in [0.1, 0.15) is 5.82 Å². The molecule has 2 aliphatic rings. The molecule has 5 rings (SSSR count). The van der Waals surface area contributed by atoms with Crippen LogP contribution in [0.3, 0.4) is 0 Å². The van der Waals surface area contributed by atoms with Crippen LogP contribution < -0.4 is 10.9 Å². The summed E-state index contributed by atoms with van der Waals surface area (Å²) in [4.78, 5) is 34.5. The number of rotatable bonds is 4. The van der Waals surface area contributed by atoms with E-state index in [1.54, 1.807) is 18.2 Å². The van der Waals surface area contributed by atoms with Gasteiger partial charge in [-0.25, -0.2) is 4.98 Å². The van der Waals surface area contributed by atoms with Gasteiger partial charge in [0.05, 0.1) is 5.56 Å². The van der Waals surface area contributed by atoms with E-state index in [0.29, 0.717) is 61.3 Å². The minimum Gasteiger partial charge on any atom is -0.343 e. The summed E-state index contributed by atoms with van der Waals surface area (Å²) in [6, 6.07) is 12.7. The third-order valence-corrected chi connectivity index (χ3v) is 8.15. The predicted molar refractivity (Wildman–Crippen MR) is 143 cm³/mol. The summed E-state index contributed by atoms with van der Waals surface area (Å²) in [7, 11) is 0. The fourth-order valence-corrected chi connectivity index (χ4v) is 6.43. The summed E-state index contributed by atoms with van der Waals surface area (Å²) in [6.45, 7) is 4.12. The highest BCUT2D eigenvalue weighted by atomic mass is 35.5. The summed E-state index contributed by atoms with van der Waals surface area (Å²) in [5.41, 5.74) is 2.82. The fraction of sp³-hybridized carbons (Fsp3) is 0.269. The highest BCUT2D eigenvalue weighted by Gasteiger charge is 2.43. The summed E-state index contributed by atoms with van der Waals surface area (Å²) < 4.78 is 0. The number of nitrogens with zero attached hydrogens (tertiary/aromatic N) is 1. The maximum Gasteiger partial charge on any atom is 0.257 e. The lowest BCUT2D eigenvalue weighted by atomic mass is 9.69. The third kappa shape index (κ3) is 4.77. The Kier molecular flexibility index (Phi) is 6.51. The number of hydrogen-bond acceptors (Lipinski definition) is 5. The van der Waals surface area contributed by atoms with Crippen LogP contribution in [-0.4, -0.2) is 15.8 Å². The maximum absolute atomic E-state index is 13.5. The number of halogens is 3. The molecule has 180 valence electrons. The van der Waals surface area contributed by atoms with E-state index in [0.717, 1.165) is 11.3 Å². The van der Waals surface area contributed by atoms with Gasteiger partial charge >= 0.3 is 0 Å². The predicted octanol–water partition coefficient (Wildman–Crippen LogP) is 7.22. The van der Waals surface area contributed by atoms with Crippen molar-refractivity contribution in [1.29, 1.82) is 0 Å². The number of anilines is 1. The zero-order valence-electron chi connectivity index (χ0n) is 19.0. The number of H-pyrrole nitrogens is 1.